The zero-order valence-corrected chi connectivity index (χ0v) is 9.17. The Balaban J connectivity index is 2.01. The van der Waals surface area contributed by atoms with Crippen LogP contribution in [0.3, 0.4) is 0 Å². The first-order valence-electron chi connectivity index (χ1n) is 4.73. The normalized spacial score (nSPS) is 19.4. The quantitative estimate of drug-likeness (QED) is 0.552. The smallest absolute Gasteiger partial charge is 0.0448 e. The average Bonchev–Trinajstić information content (AvgIpc) is 2.05. The fourth-order valence-electron chi connectivity index (χ4n) is 1.64. The Bertz CT molecular complexity index is 141. The Morgan fingerprint density at radius 2 is 1.92 bits per heavy atom. The van der Waals surface area contributed by atoms with Gasteiger partial charge in [0.2, 0.25) is 0 Å². The highest BCUT2D eigenvalue weighted by molar-refractivity contribution is 8.11. The van der Waals surface area contributed by atoms with E-state index in [0.29, 0.717) is 0 Å². The molecule has 0 bridgehead atoms. The Kier molecular flexibility index (Phi) is 5.19. The Labute approximate surface area is 85.9 Å². The van der Waals surface area contributed by atoms with Crippen LogP contribution in [0.1, 0.15) is 32.1 Å². The number of hydrogen-bond donors (Lipinski definition) is 1. The van der Waals surface area contributed by atoms with E-state index in [4.69, 9.17) is 12.2 Å². The lowest BCUT2D eigenvalue weighted by Crippen LogP contribution is -2.30. The molecule has 1 nitrogen and oxygen atoms in total. The molecule has 0 radical (unpaired) electrons. The van der Waals surface area contributed by atoms with E-state index in [9.17, 15) is 0 Å². The highest BCUT2D eigenvalue weighted by Crippen LogP contribution is 2.09. The third-order valence-corrected chi connectivity index (χ3v) is 2.74. The van der Waals surface area contributed by atoms with E-state index in [1.165, 1.54) is 45.3 Å². The first-order chi connectivity index (χ1) is 5.79. The minimum Gasteiger partial charge on any atom is -0.303 e. The summed E-state index contributed by atoms with van der Waals surface area (Å²) in [5.74, 6) is 0. The zero-order chi connectivity index (χ0) is 8.81. The number of likely N-dealkylation sites (tertiary alicyclic amines) is 1. The van der Waals surface area contributed by atoms with Crippen molar-refractivity contribution in [2.45, 2.75) is 32.1 Å². The molecule has 12 heavy (non-hydrogen) atoms. The largest absolute Gasteiger partial charge is 0.303 e. The molecule has 1 fully saturated rings. The van der Waals surface area contributed by atoms with Crippen molar-refractivity contribution in [1.82, 2.24) is 4.90 Å². The van der Waals surface area contributed by atoms with Crippen molar-refractivity contribution in [3.8, 4) is 0 Å². The van der Waals surface area contributed by atoms with Crippen LogP contribution in [0.4, 0.5) is 0 Å². The molecular formula is C9H17NS2. The van der Waals surface area contributed by atoms with E-state index < -0.39 is 0 Å². The Morgan fingerprint density at radius 3 is 2.50 bits per heavy atom. The lowest BCUT2D eigenvalue weighted by atomic mass is 10.1. The monoisotopic (exact) mass is 203 g/mol. The lowest BCUT2D eigenvalue weighted by Gasteiger charge is -2.26. The van der Waals surface area contributed by atoms with Crippen LogP contribution in [0.5, 0.6) is 0 Å². The van der Waals surface area contributed by atoms with E-state index >= 15 is 0 Å². The molecule has 1 rings (SSSR count). The van der Waals surface area contributed by atoms with Gasteiger partial charge in [0.1, 0.15) is 0 Å². The van der Waals surface area contributed by atoms with Crippen LogP contribution >= 0.6 is 24.8 Å². The van der Waals surface area contributed by atoms with Gasteiger partial charge in [0.15, 0.2) is 0 Å². The van der Waals surface area contributed by atoms with Crippen molar-refractivity contribution < 1.29 is 0 Å². The average molecular weight is 203 g/mol. The van der Waals surface area contributed by atoms with E-state index in [-0.39, 0.29) is 0 Å². The van der Waals surface area contributed by atoms with Crippen LogP contribution in [0.25, 0.3) is 0 Å². The minimum absolute atomic E-state index is 0.854. The summed E-state index contributed by atoms with van der Waals surface area (Å²) in [5, 5.41) is 0. The zero-order valence-electron chi connectivity index (χ0n) is 7.46. The summed E-state index contributed by atoms with van der Waals surface area (Å²) in [6.45, 7) is 3.79. The molecule has 0 spiro atoms. The van der Waals surface area contributed by atoms with Crippen LogP contribution in [0, 0.1) is 0 Å². The second kappa shape index (κ2) is 5.95. The van der Waals surface area contributed by atoms with E-state index in [2.05, 4.69) is 17.5 Å². The molecule has 1 aliphatic heterocycles. The van der Waals surface area contributed by atoms with Crippen molar-refractivity contribution in [2.24, 2.45) is 0 Å². The number of rotatable bonds is 4. The second-order valence-electron chi connectivity index (χ2n) is 3.40. The third kappa shape index (κ3) is 4.43. The summed E-state index contributed by atoms with van der Waals surface area (Å²) in [6, 6.07) is 0. The topological polar surface area (TPSA) is 3.24 Å². The molecule has 0 unspecified atom stereocenters. The van der Waals surface area contributed by atoms with Crippen LogP contribution in [-0.2, 0) is 0 Å². The molecule has 0 aromatic carbocycles. The van der Waals surface area contributed by atoms with Gasteiger partial charge in [-0.15, -0.1) is 12.6 Å². The number of thiocarbonyl (C=S) groups is 1. The van der Waals surface area contributed by atoms with Gasteiger partial charge in [0.05, 0.1) is 0 Å². The summed E-state index contributed by atoms with van der Waals surface area (Å²) in [7, 11) is 0. The van der Waals surface area contributed by atoms with Gasteiger partial charge in [-0.2, -0.15) is 0 Å². The van der Waals surface area contributed by atoms with Crippen molar-refractivity contribution in [1.29, 1.82) is 0 Å². The molecule has 1 saturated heterocycles. The maximum atomic E-state index is 4.91. The number of piperidine rings is 1. The fourth-order valence-corrected chi connectivity index (χ4v) is 1.94. The fraction of sp³-hybridized carbons (Fsp3) is 0.889. The van der Waals surface area contributed by atoms with Gasteiger partial charge in [0.25, 0.3) is 0 Å². The highest BCUT2D eigenvalue weighted by Gasteiger charge is 2.08. The summed E-state index contributed by atoms with van der Waals surface area (Å²) >= 11 is 9.02. The number of nitrogens with zero attached hydrogens (tertiary/aromatic N) is 1. The molecule has 1 aliphatic rings. The first kappa shape index (κ1) is 10.5. The number of thiol groups is 1. The molecule has 0 aromatic rings. The van der Waals surface area contributed by atoms with Gasteiger partial charge in [-0.25, -0.2) is 0 Å². The summed E-state index contributed by atoms with van der Waals surface area (Å²) in [5.41, 5.74) is 0. The van der Waals surface area contributed by atoms with Gasteiger partial charge in [0, 0.05) is 4.20 Å². The molecule has 3 heteroatoms. The van der Waals surface area contributed by atoms with Gasteiger partial charge < -0.3 is 4.90 Å². The minimum atomic E-state index is 0.854. The Morgan fingerprint density at radius 1 is 1.25 bits per heavy atom. The molecule has 0 saturated carbocycles. The van der Waals surface area contributed by atoms with Gasteiger partial charge >= 0.3 is 0 Å². The van der Waals surface area contributed by atoms with Crippen LogP contribution in [0.2, 0.25) is 0 Å². The molecule has 1 heterocycles. The van der Waals surface area contributed by atoms with Crippen molar-refractivity contribution in [2.75, 3.05) is 19.6 Å². The van der Waals surface area contributed by atoms with Crippen LogP contribution in [-0.4, -0.2) is 28.7 Å². The molecule has 0 aromatic heterocycles. The highest BCUT2D eigenvalue weighted by atomic mass is 32.1. The predicted octanol–water partition coefficient (Wildman–Crippen LogP) is 2.51. The molecule has 0 amide bonds. The van der Waals surface area contributed by atoms with E-state index in [1.807, 2.05) is 0 Å². The van der Waals surface area contributed by atoms with Crippen molar-refractivity contribution >= 4 is 29.0 Å². The second-order valence-corrected chi connectivity index (χ2v) is 4.73. The lowest BCUT2D eigenvalue weighted by molar-refractivity contribution is 0.228. The van der Waals surface area contributed by atoms with Crippen molar-refractivity contribution in [3.05, 3.63) is 0 Å². The van der Waals surface area contributed by atoms with E-state index in [0.717, 1.165) is 10.6 Å². The van der Waals surface area contributed by atoms with Gasteiger partial charge in [-0.3, -0.25) is 0 Å². The first-order valence-corrected chi connectivity index (χ1v) is 5.59. The maximum Gasteiger partial charge on any atom is 0.0448 e. The van der Waals surface area contributed by atoms with Gasteiger partial charge in [-0.05, 0) is 45.3 Å². The summed E-state index contributed by atoms with van der Waals surface area (Å²) in [4.78, 5) is 2.54. The molecular weight excluding hydrogens is 186 g/mol. The summed E-state index contributed by atoms with van der Waals surface area (Å²) in [6.07, 6.45) is 6.36. The van der Waals surface area contributed by atoms with E-state index in [1.54, 1.807) is 0 Å². The maximum absolute atomic E-state index is 4.91. The third-order valence-electron chi connectivity index (χ3n) is 2.31. The molecule has 70 valence electrons. The van der Waals surface area contributed by atoms with Gasteiger partial charge in [-0.1, -0.05) is 18.6 Å². The van der Waals surface area contributed by atoms with Crippen LogP contribution in [0.15, 0.2) is 0 Å². The number of hydrogen-bond acceptors (Lipinski definition) is 2. The molecule has 0 N–H and O–H groups in total. The van der Waals surface area contributed by atoms with Crippen LogP contribution < -0.4 is 0 Å². The predicted molar refractivity (Wildman–Crippen MR) is 61.1 cm³/mol. The Hall–Kier alpha value is 0.400. The SMILES string of the molecule is S=C(S)CCCN1CCCCC1. The summed E-state index contributed by atoms with van der Waals surface area (Å²) < 4.78 is 0.854. The standard InChI is InChI=1S/C9H17NS2/c11-9(12)5-4-8-10-6-2-1-3-7-10/h1-8H2,(H,11,12). The molecule has 0 atom stereocenters. The molecule has 0 aliphatic carbocycles. The van der Waals surface area contributed by atoms with Crippen molar-refractivity contribution in [3.63, 3.8) is 0 Å².